The lowest BCUT2D eigenvalue weighted by Gasteiger charge is -2.09. The molecule has 0 bridgehead atoms. The van der Waals surface area contributed by atoms with E-state index < -0.39 is 5.97 Å². The van der Waals surface area contributed by atoms with Crippen LogP contribution in [0, 0.1) is 6.92 Å². The number of aromatic carboxylic acids is 1. The molecule has 7 heteroatoms. The van der Waals surface area contributed by atoms with Crippen molar-refractivity contribution in [2.45, 2.75) is 13.8 Å². The van der Waals surface area contributed by atoms with Crippen molar-refractivity contribution in [3.8, 4) is 16.3 Å². The number of nitrogens with zero attached hydrogens (tertiary/aromatic N) is 2. The summed E-state index contributed by atoms with van der Waals surface area (Å²) in [7, 11) is 0. The molecule has 25 heavy (non-hydrogen) atoms. The molecule has 0 saturated heterocycles. The van der Waals surface area contributed by atoms with Crippen LogP contribution >= 0.6 is 34.5 Å². The summed E-state index contributed by atoms with van der Waals surface area (Å²) in [6, 6.07) is 8.98. The fourth-order valence-corrected chi connectivity index (χ4v) is 4.10. The summed E-state index contributed by atoms with van der Waals surface area (Å²) in [5.74, 6) is -1.08. The van der Waals surface area contributed by atoms with Crippen LogP contribution in [0.3, 0.4) is 0 Å². The number of carboxylic acid groups (broad SMARTS) is 1. The summed E-state index contributed by atoms with van der Waals surface area (Å²) in [5.41, 5.74) is 1.88. The molecule has 1 N–H and O–H groups in total. The molecule has 0 atom stereocenters. The molecule has 4 nitrogen and oxygen atoms in total. The topological polar surface area (TPSA) is 55.1 Å². The standard InChI is InChI=1S/C18H14Cl2N2O2S/c1-3-4-12-6-8-15(25-12)17-10(2)16(18(23)24)21-22(17)14-7-5-11(19)9-13(14)20/h3-9H,1-2H3,(H,23,24). The Morgan fingerprint density at radius 2 is 2.04 bits per heavy atom. The van der Waals surface area contributed by atoms with Crippen LogP contribution in [-0.2, 0) is 0 Å². The Balaban J connectivity index is 2.27. The predicted octanol–water partition coefficient (Wildman–Crippen LogP) is 5.95. The minimum atomic E-state index is -1.08. The Hall–Kier alpha value is -2.08. The van der Waals surface area contributed by atoms with E-state index in [1.54, 1.807) is 41.1 Å². The summed E-state index contributed by atoms with van der Waals surface area (Å²) < 4.78 is 1.57. The van der Waals surface area contributed by atoms with Gasteiger partial charge in [0.1, 0.15) is 0 Å². The van der Waals surface area contributed by atoms with Crippen molar-refractivity contribution in [3.05, 3.63) is 62.6 Å². The van der Waals surface area contributed by atoms with E-state index in [0.717, 1.165) is 9.75 Å². The second kappa shape index (κ2) is 7.04. The molecule has 0 amide bonds. The van der Waals surface area contributed by atoms with E-state index in [-0.39, 0.29) is 5.69 Å². The van der Waals surface area contributed by atoms with Gasteiger partial charge in [0.05, 0.1) is 21.3 Å². The van der Waals surface area contributed by atoms with Gasteiger partial charge in [0.15, 0.2) is 5.69 Å². The lowest BCUT2D eigenvalue weighted by atomic mass is 10.1. The van der Waals surface area contributed by atoms with Crippen molar-refractivity contribution in [1.82, 2.24) is 9.78 Å². The molecule has 0 aliphatic carbocycles. The highest BCUT2D eigenvalue weighted by Gasteiger charge is 2.23. The third-order valence-corrected chi connectivity index (χ3v) is 5.25. The normalized spacial score (nSPS) is 11.4. The van der Waals surface area contributed by atoms with Crippen molar-refractivity contribution in [3.63, 3.8) is 0 Å². The predicted molar refractivity (Wildman–Crippen MR) is 103 cm³/mol. The second-order valence-electron chi connectivity index (χ2n) is 5.34. The maximum absolute atomic E-state index is 11.6. The first-order valence-electron chi connectivity index (χ1n) is 7.43. The zero-order valence-corrected chi connectivity index (χ0v) is 15.8. The van der Waals surface area contributed by atoms with Gasteiger partial charge in [-0.25, -0.2) is 9.48 Å². The van der Waals surface area contributed by atoms with E-state index >= 15 is 0 Å². The molecule has 2 heterocycles. The van der Waals surface area contributed by atoms with Crippen molar-refractivity contribution >= 4 is 46.6 Å². The number of rotatable bonds is 4. The van der Waals surface area contributed by atoms with E-state index in [1.807, 2.05) is 31.2 Å². The maximum atomic E-state index is 11.6. The summed E-state index contributed by atoms with van der Waals surface area (Å²) >= 11 is 13.8. The Kier molecular flexibility index (Phi) is 4.99. The average Bonchev–Trinajstić information content (AvgIpc) is 3.12. The van der Waals surface area contributed by atoms with Crippen LogP contribution in [0.25, 0.3) is 22.3 Å². The zero-order chi connectivity index (χ0) is 18.1. The van der Waals surface area contributed by atoms with Crippen molar-refractivity contribution in [2.24, 2.45) is 0 Å². The minimum absolute atomic E-state index is 0.00185. The zero-order valence-electron chi connectivity index (χ0n) is 13.5. The molecule has 0 radical (unpaired) electrons. The van der Waals surface area contributed by atoms with Gasteiger partial charge in [-0.3, -0.25) is 0 Å². The third-order valence-electron chi connectivity index (χ3n) is 3.65. The van der Waals surface area contributed by atoms with Gasteiger partial charge in [-0.15, -0.1) is 11.3 Å². The summed E-state index contributed by atoms with van der Waals surface area (Å²) in [5, 5.41) is 14.6. The second-order valence-corrected chi connectivity index (χ2v) is 7.30. The first-order valence-corrected chi connectivity index (χ1v) is 9.01. The van der Waals surface area contributed by atoms with Gasteiger partial charge in [-0.1, -0.05) is 29.3 Å². The van der Waals surface area contributed by atoms with Gasteiger partial charge >= 0.3 is 5.97 Å². The van der Waals surface area contributed by atoms with Crippen LogP contribution < -0.4 is 0 Å². The lowest BCUT2D eigenvalue weighted by Crippen LogP contribution is -2.02. The number of allylic oxidation sites excluding steroid dienone is 1. The molecular formula is C18H14Cl2N2O2S. The van der Waals surface area contributed by atoms with E-state index in [0.29, 0.717) is 27.0 Å². The number of thiophene rings is 1. The molecular weight excluding hydrogens is 379 g/mol. The van der Waals surface area contributed by atoms with Crippen LogP contribution in [0.5, 0.6) is 0 Å². The summed E-state index contributed by atoms with van der Waals surface area (Å²) in [6.45, 7) is 3.70. The van der Waals surface area contributed by atoms with Gasteiger partial charge in [0, 0.05) is 15.5 Å². The Bertz CT molecular complexity index is 989. The van der Waals surface area contributed by atoms with Crippen LogP contribution in [0.15, 0.2) is 36.4 Å². The van der Waals surface area contributed by atoms with Gasteiger partial charge in [-0.05, 0) is 50.3 Å². The Morgan fingerprint density at radius 3 is 2.68 bits per heavy atom. The monoisotopic (exact) mass is 392 g/mol. The van der Waals surface area contributed by atoms with E-state index in [4.69, 9.17) is 23.2 Å². The molecule has 1 aromatic carbocycles. The highest BCUT2D eigenvalue weighted by Crippen LogP contribution is 2.36. The van der Waals surface area contributed by atoms with Gasteiger partial charge in [-0.2, -0.15) is 5.10 Å². The Morgan fingerprint density at radius 1 is 1.28 bits per heavy atom. The number of carboxylic acids is 1. The quantitative estimate of drug-likeness (QED) is 0.596. The minimum Gasteiger partial charge on any atom is -0.476 e. The number of aromatic nitrogens is 2. The fourth-order valence-electron chi connectivity index (χ4n) is 2.55. The molecule has 2 aromatic heterocycles. The van der Waals surface area contributed by atoms with Gasteiger partial charge in [0.25, 0.3) is 0 Å². The first kappa shape index (κ1) is 17.7. The molecule has 0 fully saturated rings. The van der Waals surface area contributed by atoms with Crippen molar-refractivity contribution in [2.75, 3.05) is 0 Å². The number of hydrogen-bond donors (Lipinski definition) is 1. The number of carbonyl (C=O) groups is 1. The van der Waals surface area contributed by atoms with E-state index in [2.05, 4.69) is 5.10 Å². The van der Waals surface area contributed by atoms with Crippen LogP contribution in [0.1, 0.15) is 27.9 Å². The number of hydrogen-bond acceptors (Lipinski definition) is 3. The maximum Gasteiger partial charge on any atom is 0.356 e. The van der Waals surface area contributed by atoms with Gasteiger partial charge in [0.2, 0.25) is 0 Å². The Labute approximate surface area is 158 Å². The molecule has 3 aromatic rings. The van der Waals surface area contributed by atoms with Crippen molar-refractivity contribution in [1.29, 1.82) is 0 Å². The lowest BCUT2D eigenvalue weighted by molar-refractivity contribution is 0.0689. The van der Waals surface area contributed by atoms with Gasteiger partial charge < -0.3 is 5.11 Å². The smallest absolute Gasteiger partial charge is 0.356 e. The van der Waals surface area contributed by atoms with Crippen LogP contribution in [0.4, 0.5) is 0 Å². The third kappa shape index (κ3) is 3.35. The number of benzene rings is 1. The molecule has 0 unspecified atom stereocenters. The first-order chi connectivity index (χ1) is 11.9. The highest BCUT2D eigenvalue weighted by molar-refractivity contribution is 7.16. The highest BCUT2D eigenvalue weighted by atomic mass is 35.5. The molecule has 3 rings (SSSR count). The number of halogens is 2. The van der Waals surface area contributed by atoms with E-state index in [1.165, 1.54) is 0 Å². The molecule has 0 spiro atoms. The fraction of sp³-hybridized carbons (Fsp3) is 0.111. The SMILES string of the molecule is CC=Cc1ccc(-c2c(C)c(C(=O)O)nn2-c2ccc(Cl)cc2Cl)s1. The largest absolute Gasteiger partial charge is 0.476 e. The molecule has 0 aliphatic heterocycles. The molecule has 0 aliphatic rings. The summed E-state index contributed by atoms with van der Waals surface area (Å²) in [6.07, 6.45) is 3.95. The van der Waals surface area contributed by atoms with Crippen LogP contribution in [-0.4, -0.2) is 20.9 Å². The van der Waals surface area contributed by atoms with Crippen molar-refractivity contribution < 1.29 is 9.90 Å². The van der Waals surface area contributed by atoms with Crippen LogP contribution in [0.2, 0.25) is 10.0 Å². The summed E-state index contributed by atoms with van der Waals surface area (Å²) in [4.78, 5) is 13.5. The average molecular weight is 393 g/mol. The van der Waals surface area contributed by atoms with E-state index in [9.17, 15) is 9.90 Å². The molecule has 0 saturated carbocycles. The molecule has 128 valence electrons.